The Kier molecular flexibility index (Phi) is 3.39. The van der Waals surface area contributed by atoms with Gasteiger partial charge in [0, 0.05) is 17.7 Å². The number of hydrogen-bond acceptors (Lipinski definition) is 3. The lowest BCUT2D eigenvalue weighted by atomic mass is 9.97. The second kappa shape index (κ2) is 5.70. The zero-order valence-corrected chi connectivity index (χ0v) is 12.7. The van der Waals surface area contributed by atoms with Crippen LogP contribution in [-0.4, -0.2) is 11.8 Å². The van der Waals surface area contributed by atoms with Gasteiger partial charge in [-0.3, -0.25) is 9.59 Å². The van der Waals surface area contributed by atoms with E-state index in [2.05, 4.69) is 10.6 Å². The van der Waals surface area contributed by atoms with Crippen LogP contribution in [0.1, 0.15) is 26.3 Å². The van der Waals surface area contributed by atoms with Gasteiger partial charge in [0.2, 0.25) is 0 Å². The molecule has 0 radical (unpaired) electrons. The number of fused-ring (bicyclic) bond motifs is 1. The van der Waals surface area contributed by atoms with Crippen LogP contribution < -0.4 is 10.6 Å². The minimum atomic E-state index is -0.242. The summed E-state index contributed by atoms with van der Waals surface area (Å²) < 4.78 is 5.13. The Morgan fingerprint density at radius 2 is 1.92 bits per heavy atom. The Morgan fingerprint density at radius 3 is 2.67 bits per heavy atom. The lowest BCUT2D eigenvalue weighted by Gasteiger charge is -2.11. The Morgan fingerprint density at radius 1 is 1.08 bits per heavy atom. The van der Waals surface area contributed by atoms with Gasteiger partial charge in [0.25, 0.3) is 11.8 Å². The van der Waals surface area contributed by atoms with Gasteiger partial charge in [0.05, 0.1) is 23.8 Å². The molecule has 5 heteroatoms. The summed E-state index contributed by atoms with van der Waals surface area (Å²) >= 11 is 0. The van der Waals surface area contributed by atoms with E-state index in [4.69, 9.17) is 4.42 Å². The van der Waals surface area contributed by atoms with E-state index in [9.17, 15) is 9.59 Å². The van der Waals surface area contributed by atoms with Crippen molar-refractivity contribution < 1.29 is 14.0 Å². The quantitative estimate of drug-likeness (QED) is 0.777. The van der Waals surface area contributed by atoms with Crippen molar-refractivity contribution in [1.82, 2.24) is 5.32 Å². The van der Waals surface area contributed by atoms with E-state index in [1.807, 2.05) is 18.2 Å². The molecule has 1 aromatic heterocycles. The van der Waals surface area contributed by atoms with E-state index in [0.29, 0.717) is 23.4 Å². The van der Waals surface area contributed by atoms with Gasteiger partial charge in [-0.2, -0.15) is 0 Å². The second-order valence-electron chi connectivity index (χ2n) is 5.53. The van der Waals surface area contributed by atoms with Crippen molar-refractivity contribution in [3.8, 4) is 11.1 Å². The SMILES string of the molecule is O=C(Nc1ccc(-c2ccoc2)c2c1C(=O)NC2)c1ccccc1. The molecule has 4 rings (SSSR count). The van der Waals surface area contributed by atoms with E-state index < -0.39 is 0 Å². The number of benzene rings is 2. The molecule has 0 saturated carbocycles. The van der Waals surface area contributed by atoms with Gasteiger partial charge in [-0.15, -0.1) is 0 Å². The Bertz CT molecular complexity index is 915. The molecule has 5 nitrogen and oxygen atoms in total. The average Bonchev–Trinajstić information content (AvgIpc) is 3.27. The van der Waals surface area contributed by atoms with Crippen LogP contribution in [0.15, 0.2) is 65.5 Å². The third kappa shape index (κ3) is 2.36. The highest BCUT2D eigenvalue weighted by molar-refractivity contribution is 6.11. The third-order valence-corrected chi connectivity index (χ3v) is 4.08. The number of anilines is 1. The Balaban J connectivity index is 1.74. The first-order valence-electron chi connectivity index (χ1n) is 7.57. The summed E-state index contributed by atoms with van der Waals surface area (Å²) in [6, 6.07) is 14.4. The van der Waals surface area contributed by atoms with Crippen LogP contribution in [-0.2, 0) is 6.54 Å². The van der Waals surface area contributed by atoms with Crippen LogP contribution in [0.3, 0.4) is 0 Å². The lowest BCUT2D eigenvalue weighted by Crippen LogP contribution is -2.17. The molecule has 0 atom stereocenters. The van der Waals surface area contributed by atoms with Crippen molar-refractivity contribution in [2.75, 3.05) is 5.32 Å². The number of carbonyl (C=O) groups excluding carboxylic acids is 2. The molecule has 0 spiro atoms. The zero-order valence-electron chi connectivity index (χ0n) is 12.7. The van der Waals surface area contributed by atoms with E-state index >= 15 is 0 Å². The molecule has 0 unspecified atom stereocenters. The fourth-order valence-electron chi connectivity index (χ4n) is 2.92. The molecule has 2 N–H and O–H groups in total. The van der Waals surface area contributed by atoms with Crippen molar-refractivity contribution in [1.29, 1.82) is 0 Å². The predicted molar refractivity (Wildman–Crippen MR) is 89.7 cm³/mol. The van der Waals surface area contributed by atoms with Gasteiger partial charge in [-0.1, -0.05) is 24.3 Å². The molecule has 0 fully saturated rings. The summed E-state index contributed by atoms with van der Waals surface area (Å²) in [5.41, 5.74) is 4.27. The van der Waals surface area contributed by atoms with E-state index in [1.165, 1.54) is 0 Å². The molecule has 24 heavy (non-hydrogen) atoms. The highest BCUT2D eigenvalue weighted by Gasteiger charge is 2.27. The summed E-state index contributed by atoms with van der Waals surface area (Å²) in [6.45, 7) is 0.434. The smallest absolute Gasteiger partial charge is 0.255 e. The molecule has 1 aliphatic heterocycles. The molecule has 2 heterocycles. The summed E-state index contributed by atoms with van der Waals surface area (Å²) in [7, 11) is 0. The third-order valence-electron chi connectivity index (χ3n) is 4.08. The first-order chi connectivity index (χ1) is 11.7. The molecular weight excluding hydrogens is 304 g/mol. The second-order valence-corrected chi connectivity index (χ2v) is 5.53. The van der Waals surface area contributed by atoms with E-state index in [1.54, 1.807) is 42.9 Å². The molecule has 0 saturated heterocycles. The molecule has 0 aliphatic carbocycles. The van der Waals surface area contributed by atoms with E-state index in [0.717, 1.165) is 16.7 Å². The topological polar surface area (TPSA) is 71.3 Å². The van der Waals surface area contributed by atoms with Crippen molar-refractivity contribution in [3.05, 3.63) is 77.7 Å². The first-order valence-corrected chi connectivity index (χ1v) is 7.57. The van der Waals surface area contributed by atoms with Crippen molar-refractivity contribution in [3.63, 3.8) is 0 Å². The van der Waals surface area contributed by atoms with Crippen LogP contribution in [0.5, 0.6) is 0 Å². The zero-order chi connectivity index (χ0) is 16.5. The van der Waals surface area contributed by atoms with Crippen LogP contribution >= 0.6 is 0 Å². The highest BCUT2D eigenvalue weighted by atomic mass is 16.3. The summed E-state index contributed by atoms with van der Waals surface area (Å²) in [5, 5.41) is 5.66. The standard InChI is InChI=1S/C19H14N2O3/c22-18(12-4-2-1-3-5-12)21-16-7-6-14(13-8-9-24-11-13)15-10-20-19(23)17(15)16/h1-9,11H,10H2,(H,20,23)(H,21,22). The van der Waals surface area contributed by atoms with Gasteiger partial charge in [-0.05, 0) is 35.4 Å². The van der Waals surface area contributed by atoms with E-state index in [-0.39, 0.29) is 11.8 Å². The average molecular weight is 318 g/mol. The number of furan rings is 1. The molecule has 1 aliphatic rings. The molecular formula is C19H14N2O3. The maximum absolute atomic E-state index is 12.4. The monoisotopic (exact) mass is 318 g/mol. The van der Waals surface area contributed by atoms with Gasteiger partial charge in [-0.25, -0.2) is 0 Å². The minimum absolute atomic E-state index is 0.182. The summed E-state index contributed by atoms with van der Waals surface area (Å²) in [5.74, 6) is -0.424. The summed E-state index contributed by atoms with van der Waals surface area (Å²) in [6.07, 6.45) is 3.23. The van der Waals surface area contributed by atoms with Crippen molar-refractivity contribution in [2.45, 2.75) is 6.54 Å². The number of rotatable bonds is 3. The Labute approximate surface area is 138 Å². The van der Waals surface area contributed by atoms with Crippen LogP contribution in [0, 0.1) is 0 Å². The molecule has 2 amide bonds. The summed E-state index contributed by atoms with van der Waals surface area (Å²) in [4.78, 5) is 24.6. The maximum Gasteiger partial charge on any atom is 0.255 e. The van der Waals surface area contributed by atoms with Crippen LogP contribution in [0.4, 0.5) is 5.69 Å². The molecule has 118 valence electrons. The largest absolute Gasteiger partial charge is 0.472 e. The fraction of sp³-hybridized carbons (Fsp3) is 0.0526. The minimum Gasteiger partial charge on any atom is -0.472 e. The van der Waals surface area contributed by atoms with Gasteiger partial charge < -0.3 is 15.1 Å². The van der Waals surface area contributed by atoms with Crippen molar-refractivity contribution in [2.24, 2.45) is 0 Å². The fourth-order valence-corrected chi connectivity index (χ4v) is 2.92. The number of amides is 2. The van der Waals surface area contributed by atoms with Gasteiger partial charge in [0.1, 0.15) is 0 Å². The number of nitrogens with one attached hydrogen (secondary N) is 2. The molecule has 2 aromatic carbocycles. The molecule has 3 aromatic rings. The first kappa shape index (κ1) is 14.3. The van der Waals surface area contributed by atoms with Crippen LogP contribution in [0.25, 0.3) is 11.1 Å². The number of carbonyl (C=O) groups is 2. The van der Waals surface area contributed by atoms with Gasteiger partial charge in [0.15, 0.2) is 0 Å². The normalized spacial score (nSPS) is 12.6. The lowest BCUT2D eigenvalue weighted by molar-refractivity contribution is 0.0966. The van der Waals surface area contributed by atoms with Gasteiger partial charge >= 0.3 is 0 Å². The molecule has 0 bridgehead atoms. The number of hydrogen-bond donors (Lipinski definition) is 2. The van der Waals surface area contributed by atoms with Crippen LogP contribution in [0.2, 0.25) is 0 Å². The van der Waals surface area contributed by atoms with Crippen molar-refractivity contribution >= 4 is 17.5 Å². The maximum atomic E-state index is 12.4. The highest BCUT2D eigenvalue weighted by Crippen LogP contribution is 2.34. The predicted octanol–water partition coefficient (Wildman–Crippen LogP) is 3.44. The Hall–Kier alpha value is -3.34.